The Balaban J connectivity index is 1.21. The number of carbonyl (C=O) groups excluding carboxylic acids is 1. The number of nitrogens with zero attached hydrogens (tertiary/aromatic N) is 2. The lowest BCUT2D eigenvalue weighted by Gasteiger charge is -2.61. The number of aliphatic hydroxyl groups is 1. The van der Waals surface area contributed by atoms with Crippen molar-refractivity contribution >= 4 is 11.8 Å². The van der Waals surface area contributed by atoms with Gasteiger partial charge in [0.25, 0.3) is 0 Å². The molecule has 4 aliphatic carbocycles. The molecule has 0 radical (unpaired) electrons. The van der Waals surface area contributed by atoms with Gasteiger partial charge >= 0.3 is 6.09 Å². The van der Waals surface area contributed by atoms with Crippen LogP contribution in [-0.4, -0.2) is 54.1 Å². The van der Waals surface area contributed by atoms with Crippen molar-refractivity contribution in [1.82, 2.24) is 10.2 Å². The van der Waals surface area contributed by atoms with Crippen molar-refractivity contribution in [3.05, 3.63) is 0 Å². The Labute approximate surface area is 219 Å². The molecule has 1 aliphatic heterocycles. The lowest BCUT2D eigenvalue weighted by atomic mass is 9.44. The summed E-state index contributed by atoms with van der Waals surface area (Å²) in [5, 5.41) is 18.3. The zero-order valence-corrected chi connectivity index (χ0v) is 23.7. The first kappa shape index (κ1) is 26.5. The highest BCUT2D eigenvalue weighted by Gasteiger charge is 2.60. The maximum absolute atomic E-state index is 12.7. The molecule has 5 rings (SSSR count). The van der Waals surface area contributed by atoms with Gasteiger partial charge in [-0.15, -0.1) is 0 Å². The smallest absolute Gasteiger partial charge is 0.393 e. The normalized spacial score (nSPS) is 46.0. The van der Waals surface area contributed by atoms with E-state index in [1.807, 2.05) is 7.05 Å². The molecule has 4 saturated carbocycles. The van der Waals surface area contributed by atoms with Gasteiger partial charge in [0.2, 0.25) is 0 Å². The van der Waals surface area contributed by atoms with E-state index in [4.69, 9.17) is 4.84 Å². The molecule has 2 N–H and O–H groups in total. The summed E-state index contributed by atoms with van der Waals surface area (Å²) >= 11 is 0. The molecule has 1 amide bonds. The number of hydrogen-bond acceptors (Lipinski definition) is 5. The summed E-state index contributed by atoms with van der Waals surface area (Å²) in [6.07, 6.45) is 11.4. The molecule has 36 heavy (non-hydrogen) atoms. The van der Waals surface area contributed by atoms with Gasteiger partial charge < -0.3 is 15.3 Å². The fourth-order valence-corrected chi connectivity index (χ4v) is 9.93. The van der Waals surface area contributed by atoms with Crippen LogP contribution in [0, 0.1) is 45.8 Å². The minimum atomic E-state index is -0.352. The maximum Gasteiger partial charge on any atom is 0.435 e. The van der Waals surface area contributed by atoms with Gasteiger partial charge in [0, 0.05) is 32.1 Å². The van der Waals surface area contributed by atoms with Crippen LogP contribution in [0.3, 0.4) is 0 Å². The Morgan fingerprint density at radius 2 is 1.75 bits per heavy atom. The first-order chi connectivity index (χ1) is 16.9. The molecular formula is C30H51N3O3. The number of nitrogens with one attached hydrogen (secondary N) is 1. The minimum Gasteiger partial charge on any atom is -0.393 e. The van der Waals surface area contributed by atoms with Crippen molar-refractivity contribution in [1.29, 1.82) is 0 Å². The summed E-state index contributed by atoms with van der Waals surface area (Å²) in [5.74, 6) is 3.45. The number of amides is 1. The second-order valence-corrected chi connectivity index (χ2v) is 14.7. The fraction of sp³-hybridized carbons (Fsp3) is 0.933. The molecule has 9 atom stereocenters. The van der Waals surface area contributed by atoms with Gasteiger partial charge in [-0.3, -0.25) is 4.84 Å². The average Bonchev–Trinajstić information content (AvgIpc) is 3.35. The van der Waals surface area contributed by atoms with Crippen LogP contribution in [0.25, 0.3) is 0 Å². The van der Waals surface area contributed by atoms with Crippen molar-refractivity contribution in [3.63, 3.8) is 0 Å². The van der Waals surface area contributed by atoms with E-state index in [0.29, 0.717) is 29.8 Å². The van der Waals surface area contributed by atoms with E-state index in [2.05, 4.69) is 45.1 Å². The van der Waals surface area contributed by atoms with E-state index in [1.54, 1.807) is 4.90 Å². The molecule has 0 aromatic heterocycles. The van der Waals surface area contributed by atoms with E-state index in [0.717, 1.165) is 55.7 Å². The van der Waals surface area contributed by atoms with Crippen LogP contribution >= 0.6 is 0 Å². The molecule has 6 heteroatoms. The highest BCUT2D eigenvalue weighted by Crippen LogP contribution is 2.67. The van der Waals surface area contributed by atoms with Gasteiger partial charge in [-0.1, -0.05) is 32.9 Å². The number of likely N-dealkylation sites (N-methyl/N-ethyl adjacent to an activating group) is 1. The average molecular weight is 502 g/mol. The lowest BCUT2D eigenvalue weighted by Crippen LogP contribution is -2.54. The topological polar surface area (TPSA) is 74.2 Å². The molecular weight excluding hydrogens is 450 g/mol. The van der Waals surface area contributed by atoms with Crippen molar-refractivity contribution in [2.75, 3.05) is 20.1 Å². The molecule has 0 aromatic rings. The molecule has 1 saturated heterocycles. The highest BCUT2D eigenvalue weighted by atomic mass is 16.7. The van der Waals surface area contributed by atoms with Gasteiger partial charge in [0.1, 0.15) is 0 Å². The molecule has 0 bridgehead atoms. The minimum absolute atomic E-state index is 0.0776. The van der Waals surface area contributed by atoms with Crippen LogP contribution in [0.5, 0.6) is 0 Å². The standard InChI is InChI=1S/C30H51N3O3/c1-19(32-36-27(35)33(6)17-21-16-28(2,3)18-31-21)24-9-10-25-23-8-7-20-15-22(34)11-13-29(20,4)26(23)12-14-30(24,25)5/h20-26,31,34H,7-18H2,1-6H3/b32-19+/t20-,21?,22-,23+,24-,25+,26+,29+,30-/m1/s1. The molecule has 1 unspecified atom stereocenters. The lowest BCUT2D eigenvalue weighted by molar-refractivity contribution is -0.123. The first-order valence-corrected chi connectivity index (χ1v) is 14.8. The zero-order chi connectivity index (χ0) is 25.9. The van der Waals surface area contributed by atoms with Crippen molar-refractivity contribution in [2.45, 2.75) is 111 Å². The summed E-state index contributed by atoms with van der Waals surface area (Å²) in [7, 11) is 1.82. The predicted octanol–water partition coefficient (Wildman–Crippen LogP) is 5.84. The van der Waals surface area contributed by atoms with E-state index in [9.17, 15) is 9.90 Å². The largest absolute Gasteiger partial charge is 0.435 e. The number of aliphatic hydroxyl groups excluding tert-OH is 1. The van der Waals surface area contributed by atoms with E-state index in [-0.39, 0.29) is 23.0 Å². The molecule has 6 nitrogen and oxygen atoms in total. The van der Waals surface area contributed by atoms with Crippen LogP contribution in [-0.2, 0) is 4.84 Å². The summed E-state index contributed by atoms with van der Waals surface area (Å²) < 4.78 is 0. The van der Waals surface area contributed by atoms with Crippen LogP contribution in [0.2, 0.25) is 0 Å². The molecule has 5 aliphatic rings. The van der Waals surface area contributed by atoms with Gasteiger partial charge in [0.15, 0.2) is 0 Å². The number of fused-ring (bicyclic) bond motifs is 5. The molecule has 0 spiro atoms. The first-order valence-electron chi connectivity index (χ1n) is 14.8. The van der Waals surface area contributed by atoms with Gasteiger partial charge in [-0.05, 0) is 111 Å². The Hall–Kier alpha value is -1.14. The summed E-state index contributed by atoms with van der Waals surface area (Å²) in [6.45, 7) is 13.3. The third-order valence-electron chi connectivity index (χ3n) is 11.9. The van der Waals surface area contributed by atoms with Crippen LogP contribution in [0.15, 0.2) is 5.16 Å². The number of carbonyl (C=O) groups is 1. The maximum atomic E-state index is 12.7. The van der Waals surface area contributed by atoms with Crippen molar-refractivity contribution < 1.29 is 14.7 Å². The second kappa shape index (κ2) is 9.55. The van der Waals surface area contributed by atoms with Gasteiger partial charge in [-0.2, -0.15) is 0 Å². The third kappa shape index (κ3) is 4.63. The Morgan fingerprint density at radius 1 is 1.03 bits per heavy atom. The van der Waals surface area contributed by atoms with Crippen molar-refractivity contribution in [2.24, 2.45) is 51.0 Å². The quantitative estimate of drug-likeness (QED) is 0.288. The van der Waals surface area contributed by atoms with Crippen LogP contribution in [0.1, 0.15) is 98.8 Å². The van der Waals surface area contributed by atoms with Gasteiger partial charge in [0.05, 0.1) is 11.8 Å². The molecule has 1 heterocycles. The highest BCUT2D eigenvalue weighted by molar-refractivity contribution is 5.85. The van der Waals surface area contributed by atoms with Crippen LogP contribution in [0.4, 0.5) is 4.79 Å². The Kier molecular flexibility index (Phi) is 7.02. The number of hydrogen-bond donors (Lipinski definition) is 2. The van der Waals surface area contributed by atoms with Crippen molar-refractivity contribution in [3.8, 4) is 0 Å². The Bertz CT molecular complexity index is 874. The third-order valence-corrected chi connectivity index (χ3v) is 11.9. The van der Waals surface area contributed by atoms with Crippen LogP contribution < -0.4 is 5.32 Å². The zero-order valence-electron chi connectivity index (χ0n) is 23.7. The Morgan fingerprint density at radius 3 is 2.47 bits per heavy atom. The second-order valence-electron chi connectivity index (χ2n) is 14.7. The fourth-order valence-electron chi connectivity index (χ4n) is 9.93. The number of oxime groups is 1. The SMILES string of the molecule is C/C(=N\OC(=O)N(C)CC1CC(C)(C)CN1)[C@H]1CC[C@H]2[C@@H]3CC[C@@H]4C[C@H](O)CC[C@]4(C)[C@H]3CC[C@]12C. The van der Waals surface area contributed by atoms with E-state index >= 15 is 0 Å². The number of rotatable bonds is 4. The molecule has 5 fully saturated rings. The van der Waals surface area contributed by atoms with Gasteiger partial charge in [-0.25, -0.2) is 4.79 Å². The monoisotopic (exact) mass is 501 g/mol. The summed E-state index contributed by atoms with van der Waals surface area (Å²) in [6, 6.07) is 0.316. The molecule has 0 aromatic carbocycles. The summed E-state index contributed by atoms with van der Waals surface area (Å²) in [4.78, 5) is 19.9. The van der Waals surface area contributed by atoms with E-state index in [1.165, 1.54) is 38.5 Å². The predicted molar refractivity (Wildman–Crippen MR) is 144 cm³/mol. The molecule has 204 valence electrons. The summed E-state index contributed by atoms with van der Waals surface area (Å²) in [5.41, 5.74) is 1.95. The van der Waals surface area contributed by atoms with E-state index < -0.39 is 0 Å².